The maximum Gasteiger partial charge on any atom is 0.273 e. The second kappa shape index (κ2) is 9.59. The number of primary amides is 1. The molecule has 1 unspecified atom stereocenters. The van der Waals surface area contributed by atoms with Gasteiger partial charge in [0, 0.05) is 56.9 Å². The zero-order valence-electron chi connectivity index (χ0n) is 18.5. The number of hydrogen-bond acceptors (Lipinski definition) is 5. The normalized spacial score (nSPS) is 20.7. The van der Waals surface area contributed by atoms with Gasteiger partial charge in [-0.1, -0.05) is 23.2 Å². The summed E-state index contributed by atoms with van der Waals surface area (Å²) < 4.78 is 0.421. The van der Waals surface area contributed by atoms with Gasteiger partial charge in [-0.05, 0) is 25.8 Å². The van der Waals surface area contributed by atoms with E-state index in [-0.39, 0.29) is 24.5 Å². The lowest BCUT2D eigenvalue weighted by Crippen LogP contribution is -2.59. The molecular formula is C22H31Cl2N6O+. The summed E-state index contributed by atoms with van der Waals surface area (Å²) in [5.41, 5.74) is 7.61. The molecule has 9 heteroatoms. The SMILES string of the molecule is Cc1cnc(N[C@H]2CC[C@@H]([N+](C)(CC(N)=O)c3ccc(Cl)c(Cl)c3)CC2)nc1N(C)C. The molecule has 1 aromatic heterocycles. The molecule has 7 nitrogen and oxygen atoms in total. The monoisotopic (exact) mass is 465 g/mol. The van der Waals surface area contributed by atoms with Crippen molar-refractivity contribution in [3.8, 4) is 0 Å². The minimum absolute atomic E-state index is 0.216. The molecule has 0 saturated heterocycles. The van der Waals surface area contributed by atoms with Crippen LogP contribution in [0.1, 0.15) is 31.2 Å². The molecule has 31 heavy (non-hydrogen) atoms. The molecule has 1 aliphatic carbocycles. The number of nitrogens with one attached hydrogen (secondary N) is 1. The van der Waals surface area contributed by atoms with Gasteiger partial charge in [0.05, 0.1) is 23.1 Å². The summed E-state index contributed by atoms with van der Waals surface area (Å²) in [6, 6.07) is 6.09. The van der Waals surface area contributed by atoms with E-state index >= 15 is 0 Å². The van der Waals surface area contributed by atoms with Crippen molar-refractivity contribution in [2.24, 2.45) is 5.73 Å². The van der Waals surface area contributed by atoms with Crippen LogP contribution >= 0.6 is 23.2 Å². The summed E-state index contributed by atoms with van der Waals surface area (Å²) in [6.07, 6.45) is 5.63. The number of amides is 1. The van der Waals surface area contributed by atoms with Crippen molar-refractivity contribution in [2.75, 3.05) is 37.9 Å². The van der Waals surface area contributed by atoms with Crippen LogP contribution in [0.4, 0.5) is 17.5 Å². The van der Waals surface area contributed by atoms with Crippen LogP contribution in [0.25, 0.3) is 0 Å². The van der Waals surface area contributed by atoms with Crippen LogP contribution in [0.15, 0.2) is 24.4 Å². The Morgan fingerprint density at radius 3 is 2.48 bits per heavy atom. The lowest BCUT2D eigenvalue weighted by molar-refractivity contribution is -0.119. The van der Waals surface area contributed by atoms with Crippen LogP contribution in [-0.2, 0) is 4.79 Å². The first-order valence-corrected chi connectivity index (χ1v) is 11.2. The zero-order chi connectivity index (χ0) is 22.8. The van der Waals surface area contributed by atoms with E-state index in [1.165, 1.54) is 0 Å². The number of nitrogens with zero attached hydrogens (tertiary/aromatic N) is 4. The van der Waals surface area contributed by atoms with E-state index in [9.17, 15) is 4.79 Å². The van der Waals surface area contributed by atoms with E-state index in [2.05, 4.69) is 22.3 Å². The molecule has 0 spiro atoms. The summed E-state index contributed by atoms with van der Waals surface area (Å²) in [6.45, 7) is 2.22. The summed E-state index contributed by atoms with van der Waals surface area (Å²) in [7, 11) is 6.00. The van der Waals surface area contributed by atoms with E-state index in [4.69, 9.17) is 28.9 Å². The second-order valence-electron chi connectivity index (χ2n) is 8.74. The number of nitrogens with two attached hydrogens (primary N) is 1. The van der Waals surface area contributed by atoms with Gasteiger partial charge in [0.2, 0.25) is 5.95 Å². The number of carbonyl (C=O) groups excluding carboxylic acids is 1. The van der Waals surface area contributed by atoms with Crippen LogP contribution in [0.2, 0.25) is 10.0 Å². The molecule has 0 radical (unpaired) electrons. The third-order valence-electron chi connectivity index (χ3n) is 6.18. The predicted molar refractivity (Wildman–Crippen MR) is 129 cm³/mol. The zero-order valence-corrected chi connectivity index (χ0v) is 20.0. The standard InChI is InChI=1S/C22H30Cl2N6O/c1-14-12-26-22(28-21(14)29(2)3)27-15-5-7-16(8-6-15)30(4,13-20(25)31)17-9-10-18(23)19(24)11-17/h9-12,15-16H,5-8,13H2,1-4H3,(H2-,25,26,27,28,31)/p+1/t15-,16+,30?. The van der Waals surface area contributed by atoms with Gasteiger partial charge in [0.15, 0.2) is 6.54 Å². The second-order valence-corrected chi connectivity index (χ2v) is 9.55. The molecule has 1 atom stereocenters. The Morgan fingerprint density at radius 1 is 1.23 bits per heavy atom. The number of carbonyl (C=O) groups is 1. The molecule has 0 aliphatic heterocycles. The summed E-state index contributed by atoms with van der Waals surface area (Å²) in [4.78, 5) is 23.0. The molecule has 3 N–H and O–H groups in total. The van der Waals surface area contributed by atoms with E-state index in [0.717, 1.165) is 42.8 Å². The number of hydrogen-bond donors (Lipinski definition) is 2. The maximum absolute atomic E-state index is 11.9. The van der Waals surface area contributed by atoms with Gasteiger partial charge in [-0.3, -0.25) is 9.28 Å². The van der Waals surface area contributed by atoms with Crippen molar-refractivity contribution >= 4 is 46.6 Å². The van der Waals surface area contributed by atoms with Crippen molar-refractivity contribution in [1.82, 2.24) is 14.5 Å². The van der Waals surface area contributed by atoms with Crippen molar-refractivity contribution in [3.05, 3.63) is 40.0 Å². The van der Waals surface area contributed by atoms with Gasteiger partial charge in [0.1, 0.15) is 11.5 Å². The fraction of sp³-hybridized carbons (Fsp3) is 0.500. The Morgan fingerprint density at radius 2 is 1.90 bits per heavy atom. The fourth-order valence-corrected chi connectivity index (χ4v) is 4.78. The Kier molecular flexibility index (Phi) is 7.29. The summed E-state index contributed by atoms with van der Waals surface area (Å²) >= 11 is 12.4. The summed E-state index contributed by atoms with van der Waals surface area (Å²) in [5, 5.41) is 4.47. The van der Waals surface area contributed by atoms with Crippen molar-refractivity contribution in [3.63, 3.8) is 0 Å². The van der Waals surface area contributed by atoms with Gasteiger partial charge in [0.25, 0.3) is 5.91 Å². The van der Waals surface area contributed by atoms with Crippen LogP contribution < -0.4 is 20.4 Å². The number of rotatable bonds is 7. The third kappa shape index (κ3) is 5.40. The number of anilines is 2. The fourth-order valence-electron chi connectivity index (χ4n) is 4.49. The van der Waals surface area contributed by atoms with Crippen molar-refractivity contribution in [1.29, 1.82) is 0 Å². The predicted octanol–water partition coefficient (Wildman–Crippen LogP) is 4.00. The van der Waals surface area contributed by atoms with Crippen LogP contribution in [0.3, 0.4) is 0 Å². The molecule has 168 valence electrons. The molecule has 0 bridgehead atoms. The van der Waals surface area contributed by atoms with Gasteiger partial charge >= 0.3 is 0 Å². The average molecular weight is 466 g/mol. The smallest absolute Gasteiger partial charge is 0.273 e. The van der Waals surface area contributed by atoms with E-state index < -0.39 is 0 Å². The lowest BCUT2D eigenvalue weighted by Gasteiger charge is -2.43. The Bertz CT molecular complexity index is 946. The van der Waals surface area contributed by atoms with Crippen LogP contribution in [-0.4, -0.2) is 55.6 Å². The highest BCUT2D eigenvalue weighted by Crippen LogP contribution is 2.36. The van der Waals surface area contributed by atoms with Crippen molar-refractivity contribution in [2.45, 2.75) is 44.7 Å². The molecule has 1 heterocycles. The third-order valence-corrected chi connectivity index (χ3v) is 6.92. The molecular weight excluding hydrogens is 435 g/mol. The van der Waals surface area contributed by atoms with Gasteiger partial charge in [-0.2, -0.15) is 4.98 Å². The van der Waals surface area contributed by atoms with E-state index in [1.807, 2.05) is 44.2 Å². The summed E-state index contributed by atoms with van der Waals surface area (Å²) in [5.74, 6) is 1.23. The molecule has 1 fully saturated rings. The minimum atomic E-state index is -0.335. The highest BCUT2D eigenvalue weighted by molar-refractivity contribution is 6.42. The van der Waals surface area contributed by atoms with Crippen LogP contribution in [0, 0.1) is 6.92 Å². The van der Waals surface area contributed by atoms with Gasteiger partial charge < -0.3 is 16.0 Å². The Hall–Kier alpha value is -2.09. The highest BCUT2D eigenvalue weighted by Gasteiger charge is 2.39. The topological polar surface area (TPSA) is 84.1 Å². The van der Waals surface area contributed by atoms with E-state index in [1.54, 1.807) is 6.07 Å². The molecule has 1 aliphatic rings. The van der Waals surface area contributed by atoms with Gasteiger partial charge in [-0.15, -0.1) is 0 Å². The first-order chi connectivity index (χ1) is 14.6. The largest absolute Gasteiger partial charge is 0.365 e. The van der Waals surface area contributed by atoms with E-state index in [0.29, 0.717) is 20.5 Å². The lowest BCUT2D eigenvalue weighted by atomic mass is 9.88. The molecule has 3 rings (SSSR count). The first kappa shape index (κ1) is 23.6. The molecule has 1 amide bonds. The number of aryl methyl sites for hydroxylation is 1. The van der Waals surface area contributed by atoms with Gasteiger partial charge in [-0.25, -0.2) is 4.98 Å². The Balaban J connectivity index is 1.73. The molecule has 2 aromatic rings. The number of quaternary nitrogens is 1. The van der Waals surface area contributed by atoms with Crippen molar-refractivity contribution < 1.29 is 4.79 Å². The minimum Gasteiger partial charge on any atom is -0.365 e. The number of benzene rings is 1. The first-order valence-electron chi connectivity index (χ1n) is 10.5. The number of likely N-dealkylation sites (N-methyl/N-ethyl adjacent to an activating group) is 1. The molecule has 1 saturated carbocycles. The quantitative estimate of drug-likeness (QED) is 0.603. The Labute approximate surface area is 194 Å². The molecule has 1 aromatic carbocycles. The number of halogens is 2. The van der Waals surface area contributed by atoms with Crippen LogP contribution in [0.5, 0.6) is 0 Å². The maximum atomic E-state index is 11.9. The highest BCUT2D eigenvalue weighted by atomic mass is 35.5. The number of aromatic nitrogens is 2. The average Bonchev–Trinajstić information content (AvgIpc) is 2.71.